The Labute approximate surface area is 69.2 Å². The van der Waals surface area contributed by atoms with Crippen molar-refractivity contribution >= 4 is 5.78 Å². The summed E-state index contributed by atoms with van der Waals surface area (Å²) in [5, 5.41) is 0. The highest BCUT2D eigenvalue weighted by atomic mass is 16.1. The minimum atomic E-state index is 0.365. The van der Waals surface area contributed by atoms with E-state index in [1.54, 1.807) is 6.92 Å². The molecule has 1 nitrogen and oxygen atoms in total. The van der Waals surface area contributed by atoms with Gasteiger partial charge in [0.15, 0.2) is 0 Å². The molecule has 0 heterocycles. The molecular weight excluding hydrogens is 136 g/mol. The van der Waals surface area contributed by atoms with Crippen LogP contribution in [0.1, 0.15) is 46.0 Å². The summed E-state index contributed by atoms with van der Waals surface area (Å²) in [6.07, 6.45) is 6.14. The molecule has 2 atom stereocenters. The Morgan fingerprint density at radius 1 is 1.36 bits per heavy atom. The second kappa shape index (κ2) is 3.89. The third kappa shape index (κ3) is 2.64. The van der Waals surface area contributed by atoms with E-state index in [1.165, 1.54) is 25.7 Å². The lowest BCUT2D eigenvalue weighted by Gasteiger charge is -2.27. The van der Waals surface area contributed by atoms with Crippen molar-refractivity contribution in [1.29, 1.82) is 0 Å². The average Bonchev–Trinajstić information content (AvgIpc) is 1.93. The summed E-state index contributed by atoms with van der Waals surface area (Å²) in [6.45, 7) is 3.99. The maximum Gasteiger partial charge on any atom is 0.130 e. The van der Waals surface area contributed by atoms with Gasteiger partial charge >= 0.3 is 0 Å². The lowest BCUT2D eigenvalue weighted by atomic mass is 9.78. The normalized spacial score (nSPS) is 31.8. The second-order valence-electron chi connectivity index (χ2n) is 3.93. The molecule has 0 bridgehead atoms. The van der Waals surface area contributed by atoms with Crippen LogP contribution >= 0.6 is 0 Å². The maximum absolute atomic E-state index is 10.9. The van der Waals surface area contributed by atoms with E-state index in [-0.39, 0.29) is 0 Å². The molecule has 64 valence electrons. The van der Waals surface area contributed by atoms with Crippen molar-refractivity contribution in [2.75, 3.05) is 0 Å². The quantitative estimate of drug-likeness (QED) is 0.597. The van der Waals surface area contributed by atoms with Crippen LogP contribution in [-0.2, 0) is 4.79 Å². The third-order valence-electron chi connectivity index (χ3n) is 2.84. The lowest BCUT2D eigenvalue weighted by molar-refractivity contribution is -0.118. The highest BCUT2D eigenvalue weighted by molar-refractivity contribution is 5.75. The average molecular weight is 154 g/mol. The van der Waals surface area contributed by atoms with Crippen LogP contribution in [0.25, 0.3) is 0 Å². The van der Waals surface area contributed by atoms with Crippen molar-refractivity contribution in [3.8, 4) is 0 Å². The van der Waals surface area contributed by atoms with Gasteiger partial charge in [0.05, 0.1) is 0 Å². The van der Waals surface area contributed by atoms with Gasteiger partial charge in [0.1, 0.15) is 5.78 Å². The first kappa shape index (κ1) is 8.76. The molecule has 0 spiro atoms. The molecule has 0 saturated heterocycles. The van der Waals surface area contributed by atoms with E-state index >= 15 is 0 Å². The summed E-state index contributed by atoms with van der Waals surface area (Å²) in [6, 6.07) is 0. The minimum Gasteiger partial charge on any atom is -0.300 e. The summed E-state index contributed by atoms with van der Waals surface area (Å²) in [5.41, 5.74) is 0. The number of rotatable bonds is 2. The highest BCUT2D eigenvalue weighted by Gasteiger charge is 2.21. The van der Waals surface area contributed by atoms with E-state index in [0.717, 1.165) is 12.3 Å². The van der Waals surface area contributed by atoms with Gasteiger partial charge in [-0.1, -0.05) is 26.2 Å². The second-order valence-corrected chi connectivity index (χ2v) is 3.93. The number of hydrogen-bond donors (Lipinski definition) is 0. The van der Waals surface area contributed by atoms with Crippen LogP contribution in [-0.4, -0.2) is 5.78 Å². The number of carbonyl (C=O) groups excluding carboxylic acids is 1. The summed E-state index contributed by atoms with van der Waals surface area (Å²) in [7, 11) is 0. The molecule has 0 aromatic carbocycles. The van der Waals surface area contributed by atoms with Gasteiger partial charge in [0, 0.05) is 6.42 Å². The van der Waals surface area contributed by atoms with Gasteiger partial charge in [-0.25, -0.2) is 0 Å². The molecule has 0 aliphatic heterocycles. The molecule has 0 aromatic rings. The molecule has 1 fully saturated rings. The summed E-state index contributed by atoms with van der Waals surface area (Å²) < 4.78 is 0. The Kier molecular flexibility index (Phi) is 3.10. The van der Waals surface area contributed by atoms with Crippen molar-refractivity contribution < 1.29 is 4.79 Å². The lowest BCUT2D eigenvalue weighted by Crippen LogP contribution is -2.18. The zero-order chi connectivity index (χ0) is 8.27. The van der Waals surface area contributed by atoms with Crippen molar-refractivity contribution in [1.82, 2.24) is 0 Å². The van der Waals surface area contributed by atoms with Crippen molar-refractivity contribution in [3.63, 3.8) is 0 Å². The van der Waals surface area contributed by atoms with Crippen molar-refractivity contribution in [3.05, 3.63) is 0 Å². The van der Waals surface area contributed by atoms with Gasteiger partial charge in [-0.2, -0.15) is 0 Å². The molecule has 11 heavy (non-hydrogen) atoms. The Bertz CT molecular complexity index is 140. The fourth-order valence-corrected chi connectivity index (χ4v) is 2.07. The van der Waals surface area contributed by atoms with E-state index < -0.39 is 0 Å². The fourth-order valence-electron chi connectivity index (χ4n) is 2.07. The molecule has 1 rings (SSSR count). The van der Waals surface area contributed by atoms with Gasteiger partial charge in [-0.15, -0.1) is 0 Å². The molecule has 0 aromatic heterocycles. The number of ketones is 1. The fraction of sp³-hybridized carbons (Fsp3) is 0.900. The molecule has 1 heteroatoms. The molecule has 0 amide bonds. The molecule has 1 aliphatic rings. The first-order valence-corrected chi connectivity index (χ1v) is 4.69. The molecule has 1 aliphatic carbocycles. The van der Waals surface area contributed by atoms with Crippen LogP contribution in [0.15, 0.2) is 0 Å². The van der Waals surface area contributed by atoms with Gasteiger partial charge < -0.3 is 4.79 Å². The Morgan fingerprint density at radius 3 is 2.55 bits per heavy atom. The molecule has 0 radical (unpaired) electrons. The van der Waals surface area contributed by atoms with Crippen molar-refractivity contribution in [2.24, 2.45) is 11.8 Å². The van der Waals surface area contributed by atoms with E-state index in [9.17, 15) is 4.79 Å². The SMILES string of the molecule is CC(=O)CC1CCCC[C@@H]1C. The minimum absolute atomic E-state index is 0.365. The van der Waals surface area contributed by atoms with Crippen LogP contribution in [0.2, 0.25) is 0 Å². The number of carbonyl (C=O) groups is 1. The van der Waals surface area contributed by atoms with E-state index in [4.69, 9.17) is 0 Å². The standard InChI is InChI=1S/C10H18O/c1-8-5-3-4-6-10(8)7-9(2)11/h8,10H,3-7H2,1-2H3/t8-,10?/m0/s1. The predicted octanol–water partition coefficient (Wildman–Crippen LogP) is 2.79. The Balaban J connectivity index is 2.35. The summed E-state index contributed by atoms with van der Waals surface area (Å²) in [4.78, 5) is 10.9. The monoisotopic (exact) mass is 154 g/mol. The summed E-state index contributed by atoms with van der Waals surface area (Å²) >= 11 is 0. The number of Topliss-reactive ketones (excluding diaryl/α,β-unsaturated/α-hetero) is 1. The van der Waals surface area contributed by atoms with E-state index in [2.05, 4.69) is 6.92 Å². The maximum atomic E-state index is 10.9. The molecule has 1 unspecified atom stereocenters. The van der Waals surface area contributed by atoms with Crippen molar-refractivity contribution in [2.45, 2.75) is 46.0 Å². The first-order valence-electron chi connectivity index (χ1n) is 4.69. The smallest absolute Gasteiger partial charge is 0.130 e. The Morgan fingerprint density at radius 2 is 2.00 bits per heavy atom. The highest BCUT2D eigenvalue weighted by Crippen LogP contribution is 2.31. The summed E-state index contributed by atoms with van der Waals surface area (Å²) in [5.74, 6) is 1.85. The largest absolute Gasteiger partial charge is 0.300 e. The van der Waals surface area contributed by atoms with Gasteiger partial charge in [-0.3, -0.25) is 0 Å². The van der Waals surface area contributed by atoms with Gasteiger partial charge in [0.25, 0.3) is 0 Å². The van der Waals surface area contributed by atoms with Gasteiger partial charge in [-0.05, 0) is 25.2 Å². The molecular formula is C10H18O. The van der Waals surface area contributed by atoms with Crippen LogP contribution in [0.3, 0.4) is 0 Å². The first-order chi connectivity index (χ1) is 5.20. The van der Waals surface area contributed by atoms with E-state index in [1.807, 2.05) is 0 Å². The molecule has 1 saturated carbocycles. The molecule has 0 N–H and O–H groups in total. The predicted molar refractivity (Wildman–Crippen MR) is 46.4 cm³/mol. The Hall–Kier alpha value is -0.330. The van der Waals surface area contributed by atoms with Crippen LogP contribution in [0.5, 0.6) is 0 Å². The van der Waals surface area contributed by atoms with Crippen LogP contribution < -0.4 is 0 Å². The zero-order valence-corrected chi connectivity index (χ0v) is 7.60. The van der Waals surface area contributed by atoms with Crippen LogP contribution in [0.4, 0.5) is 0 Å². The van der Waals surface area contributed by atoms with Gasteiger partial charge in [0.2, 0.25) is 0 Å². The van der Waals surface area contributed by atoms with E-state index in [0.29, 0.717) is 11.7 Å². The zero-order valence-electron chi connectivity index (χ0n) is 7.60. The van der Waals surface area contributed by atoms with Crippen LogP contribution in [0, 0.1) is 11.8 Å². The third-order valence-corrected chi connectivity index (χ3v) is 2.84. The topological polar surface area (TPSA) is 17.1 Å². The number of hydrogen-bond acceptors (Lipinski definition) is 1.